The number of unbranched alkanes of at least 4 members (excludes halogenated alkanes) is 14. The van der Waals surface area contributed by atoms with Gasteiger partial charge in [0.1, 0.15) is 19.8 Å². The lowest BCUT2D eigenvalue weighted by molar-refractivity contribution is -0.870. The summed E-state index contributed by atoms with van der Waals surface area (Å²) in [6.45, 7) is 4.09. The number of phosphoric ester groups is 1. The first-order valence-corrected chi connectivity index (χ1v) is 20.7. The number of carbonyl (C=O) groups is 2. The molecule has 0 aromatic rings. The molecule has 0 rings (SSSR count). The van der Waals surface area contributed by atoms with Gasteiger partial charge in [-0.3, -0.25) is 14.2 Å². The second-order valence-electron chi connectivity index (χ2n) is 13.9. The van der Waals surface area contributed by atoms with Crippen LogP contribution in [0.1, 0.15) is 149 Å². The molecule has 0 amide bonds. The summed E-state index contributed by atoms with van der Waals surface area (Å²) in [6.07, 6.45) is 33.1. The van der Waals surface area contributed by atoms with Crippen molar-refractivity contribution in [2.45, 2.75) is 155 Å². The Morgan fingerprint density at radius 1 is 0.633 bits per heavy atom. The van der Waals surface area contributed by atoms with E-state index in [0.717, 1.165) is 83.5 Å². The Morgan fingerprint density at radius 2 is 1.10 bits per heavy atom. The zero-order valence-electron chi connectivity index (χ0n) is 31.9. The summed E-state index contributed by atoms with van der Waals surface area (Å²) < 4.78 is 33.7. The number of hydrogen-bond acceptors (Lipinski definition) is 8. The van der Waals surface area contributed by atoms with E-state index in [2.05, 4.69) is 50.3 Å². The van der Waals surface area contributed by atoms with Crippen LogP contribution < -0.4 is 4.89 Å². The fraction of sp³-hybridized carbons (Fsp3) is 0.795. The minimum absolute atomic E-state index is 0.0354. The van der Waals surface area contributed by atoms with Crippen LogP contribution in [0.15, 0.2) is 36.5 Å². The van der Waals surface area contributed by atoms with Gasteiger partial charge in [0.25, 0.3) is 7.82 Å². The van der Waals surface area contributed by atoms with Gasteiger partial charge in [-0.15, -0.1) is 0 Å². The van der Waals surface area contributed by atoms with Crippen molar-refractivity contribution in [1.82, 2.24) is 0 Å². The largest absolute Gasteiger partial charge is 0.756 e. The maximum atomic E-state index is 12.6. The molecule has 0 saturated heterocycles. The first kappa shape index (κ1) is 47.2. The van der Waals surface area contributed by atoms with Crippen molar-refractivity contribution in [2.24, 2.45) is 0 Å². The Hall–Kier alpha value is -1.77. The van der Waals surface area contributed by atoms with Gasteiger partial charge in [0.2, 0.25) is 0 Å². The van der Waals surface area contributed by atoms with Gasteiger partial charge in [-0.2, -0.15) is 0 Å². The first-order valence-electron chi connectivity index (χ1n) is 19.2. The molecule has 0 fully saturated rings. The van der Waals surface area contributed by atoms with Gasteiger partial charge in [0, 0.05) is 12.8 Å². The van der Waals surface area contributed by atoms with Crippen molar-refractivity contribution < 1.29 is 42.1 Å². The molecule has 1 unspecified atom stereocenters. The molecule has 0 aliphatic heterocycles. The monoisotopic (exact) mass is 713 g/mol. The third-order valence-electron chi connectivity index (χ3n) is 7.88. The van der Waals surface area contributed by atoms with Crippen molar-refractivity contribution >= 4 is 19.8 Å². The molecule has 9 nitrogen and oxygen atoms in total. The normalized spacial score (nSPS) is 14.2. The van der Waals surface area contributed by atoms with Crippen molar-refractivity contribution in [2.75, 3.05) is 47.5 Å². The van der Waals surface area contributed by atoms with E-state index >= 15 is 0 Å². The highest BCUT2D eigenvalue weighted by molar-refractivity contribution is 7.45. The number of likely N-dealkylation sites (N-methyl/N-ethyl adjacent to an activating group) is 1. The summed E-state index contributed by atoms with van der Waals surface area (Å²) in [6, 6.07) is 0. The summed E-state index contributed by atoms with van der Waals surface area (Å²) in [7, 11) is 1.15. The number of ether oxygens (including phenoxy) is 2. The molecule has 0 aromatic carbocycles. The van der Waals surface area contributed by atoms with Gasteiger partial charge in [-0.05, 0) is 57.8 Å². The SMILES string of the molecule is CCCC/C=C/C/C=C/CCCCCCCC(=O)OC[C@H](COP(=O)([O-])OCC[N+](C)(C)C)OC(=O)CCCCCCC/C=C/CCCC. The van der Waals surface area contributed by atoms with E-state index in [1.54, 1.807) is 0 Å². The molecular formula is C39H72NO8P. The molecule has 0 aliphatic carbocycles. The molecule has 2 atom stereocenters. The van der Waals surface area contributed by atoms with Gasteiger partial charge in [0.15, 0.2) is 6.10 Å². The van der Waals surface area contributed by atoms with Gasteiger partial charge in [0.05, 0.1) is 27.7 Å². The number of allylic oxidation sites excluding steroid dienone is 6. The van der Waals surface area contributed by atoms with E-state index < -0.39 is 32.5 Å². The Labute approximate surface area is 300 Å². The summed E-state index contributed by atoms with van der Waals surface area (Å²) in [5.74, 6) is -0.867. The lowest BCUT2D eigenvalue weighted by atomic mass is 10.1. The highest BCUT2D eigenvalue weighted by Gasteiger charge is 2.21. The molecule has 0 heterocycles. The summed E-state index contributed by atoms with van der Waals surface area (Å²) >= 11 is 0. The molecule has 0 saturated carbocycles. The quantitative estimate of drug-likeness (QED) is 0.0213. The van der Waals surface area contributed by atoms with E-state index in [9.17, 15) is 19.0 Å². The minimum Gasteiger partial charge on any atom is -0.756 e. The predicted molar refractivity (Wildman–Crippen MR) is 199 cm³/mol. The zero-order valence-corrected chi connectivity index (χ0v) is 32.8. The number of esters is 2. The third-order valence-corrected chi connectivity index (χ3v) is 8.85. The average molecular weight is 714 g/mol. The predicted octanol–water partition coefficient (Wildman–Crippen LogP) is 9.55. The second-order valence-corrected chi connectivity index (χ2v) is 15.3. The molecule has 286 valence electrons. The Morgan fingerprint density at radius 3 is 1.63 bits per heavy atom. The van der Waals surface area contributed by atoms with Crippen LogP contribution in [-0.4, -0.2) is 70.0 Å². The molecule has 0 bridgehead atoms. The van der Waals surface area contributed by atoms with Crippen LogP contribution in [0.25, 0.3) is 0 Å². The molecule has 0 N–H and O–H groups in total. The van der Waals surface area contributed by atoms with Crippen molar-refractivity contribution in [3.63, 3.8) is 0 Å². The zero-order chi connectivity index (χ0) is 36.5. The maximum Gasteiger partial charge on any atom is 0.306 e. The minimum atomic E-state index is -4.62. The van der Waals surface area contributed by atoms with Gasteiger partial charge >= 0.3 is 11.9 Å². The number of hydrogen-bond donors (Lipinski definition) is 0. The lowest BCUT2D eigenvalue weighted by Gasteiger charge is -2.28. The number of phosphoric acid groups is 1. The van der Waals surface area contributed by atoms with Crippen LogP contribution in [0.2, 0.25) is 0 Å². The Kier molecular flexibility index (Phi) is 31.0. The molecule has 0 aromatic heterocycles. The molecular weight excluding hydrogens is 641 g/mol. The van der Waals surface area contributed by atoms with Gasteiger partial charge < -0.3 is 27.9 Å². The Bertz CT molecular complexity index is 944. The molecule has 0 aliphatic rings. The molecule has 0 spiro atoms. The van der Waals surface area contributed by atoms with Crippen LogP contribution in [-0.2, 0) is 32.7 Å². The first-order chi connectivity index (χ1) is 23.5. The topological polar surface area (TPSA) is 111 Å². The van der Waals surface area contributed by atoms with E-state index in [0.29, 0.717) is 23.9 Å². The van der Waals surface area contributed by atoms with Crippen molar-refractivity contribution in [3.8, 4) is 0 Å². The fourth-order valence-corrected chi connectivity index (χ4v) is 5.50. The second kappa shape index (κ2) is 32.2. The number of carbonyl (C=O) groups excluding carboxylic acids is 2. The van der Waals surface area contributed by atoms with E-state index in [-0.39, 0.29) is 26.1 Å². The number of nitrogens with zero attached hydrogens (tertiary/aromatic N) is 1. The van der Waals surface area contributed by atoms with Crippen LogP contribution in [0.5, 0.6) is 0 Å². The Balaban J connectivity index is 4.47. The number of rotatable bonds is 34. The van der Waals surface area contributed by atoms with Crippen molar-refractivity contribution in [3.05, 3.63) is 36.5 Å². The molecule has 49 heavy (non-hydrogen) atoms. The third kappa shape index (κ3) is 35.8. The summed E-state index contributed by atoms with van der Waals surface area (Å²) in [5.41, 5.74) is 0. The van der Waals surface area contributed by atoms with Crippen molar-refractivity contribution in [1.29, 1.82) is 0 Å². The number of quaternary nitrogens is 1. The molecule has 0 radical (unpaired) electrons. The fourth-order valence-electron chi connectivity index (χ4n) is 4.77. The van der Waals surface area contributed by atoms with Crippen LogP contribution in [0.3, 0.4) is 0 Å². The van der Waals surface area contributed by atoms with E-state index in [1.807, 2.05) is 21.1 Å². The van der Waals surface area contributed by atoms with Gasteiger partial charge in [-0.1, -0.05) is 115 Å². The molecule has 10 heteroatoms. The van der Waals surface area contributed by atoms with E-state index in [4.69, 9.17) is 18.5 Å². The van der Waals surface area contributed by atoms with E-state index in [1.165, 1.54) is 25.7 Å². The smallest absolute Gasteiger partial charge is 0.306 e. The van der Waals surface area contributed by atoms with Crippen LogP contribution in [0.4, 0.5) is 0 Å². The summed E-state index contributed by atoms with van der Waals surface area (Å²) in [5, 5.41) is 0. The lowest BCUT2D eigenvalue weighted by Crippen LogP contribution is -2.37. The van der Waals surface area contributed by atoms with Gasteiger partial charge in [-0.25, -0.2) is 0 Å². The van der Waals surface area contributed by atoms with Crippen LogP contribution >= 0.6 is 7.82 Å². The average Bonchev–Trinajstić information content (AvgIpc) is 3.04. The summed E-state index contributed by atoms with van der Waals surface area (Å²) in [4.78, 5) is 37.3. The highest BCUT2D eigenvalue weighted by Crippen LogP contribution is 2.38. The standard InChI is InChI=1S/C39H72NO8P/c1-6-8-10-12-14-16-18-19-20-22-23-25-27-29-31-38(41)45-35-37(36-47-49(43,44)46-34-33-40(3,4)5)48-39(42)32-30-28-26-24-21-17-15-13-11-9-7-2/h12-15,18-19,37H,6-11,16-17,20-36H2,1-5H3/b14-12+,15-13+,19-18+/t37-/m1/s1. The van der Waals surface area contributed by atoms with Crippen LogP contribution in [0, 0.1) is 0 Å². The highest BCUT2D eigenvalue weighted by atomic mass is 31.2. The maximum absolute atomic E-state index is 12.6.